The van der Waals surface area contributed by atoms with Crippen molar-refractivity contribution in [3.05, 3.63) is 90.5 Å². The van der Waals surface area contributed by atoms with Crippen molar-refractivity contribution in [2.45, 2.75) is 24.1 Å². The molecule has 1 aromatic heterocycles. The predicted molar refractivity (Wildman–Crippen MR) is 148 cm³/mol. The van der Waals surface area contributed by atoms with E-state index in [1.807, 2.05) is 79.7 Å². The highest BCUT2D eigenvalue weighted by Gasteiger charge is 2.21. The van der Waals surface area contributed by atoms with Gasteiger partial charge in [0.25, 0.3) is 0 Å². The summed E-state index contributed by atoms with van der Waals surface area (Å²) in [5.74, 6) is 1.29. The van der Waals surface area contributed by atoms with Crippen LogP contribution >= 0.6 is 11.8 Å². The van der Waals surface area contributed by atoms with Crippen LogP contribution in [0, 0.1) is 11.3 Å². The number of amides is 1. The van der Waals surface area contributed by atoms with E-state index in [-0.39, 0.29) is 5.91 Å². The van der Waals surface area contributed by atoms with Crippen LogP contribution in [0.25, 0.3) is 22.4 Å². The second-order valence-electron chi connectivity index (χ2n) is 8.15. The van der Waals surface area contributed by atoms with Crippen LogP contribution in [0.5, 0.6) is 11.5 Å². The summed E-state index contributed by atoms with van der Waals surface area (Å²) in [4.78, 5) is 17.8. The summed E-state index contributed by atoms with van der Waals surface area (Å²) in [6.07, 6.45) is 0. The third-order valence-electron chi connectivity index (χ3n) is 5.66. The fourth-order valence-electron chi connectivity index (χ4n) is 3.74. The number of nitrogens with one attached hydrogen (secondary N) is 1. The molecule has 0 saturated heterocycles. The molecule has 0 aliphatic rings. The minimum absolute atomic E-state index is 0.184. The molecule has 0 aliphatic heterocycles. The van der Waals surface area contributed by atoms with Gasteiger partial charge in [0.1, 0.15) is 22.6 Å². The fourth-order valence-corrected chi connectivity index (χ4v) is 4.66. The zero-order valence-corrected chi connectivity index (χ0v) is 21.7. The van der Waals surface area contributed by atoms with Gasteiger partial charge in [-0.3, -0.25) is 4.79 Å². The van der Waals surface area contributed by atoms with Crippen LogP contribution < -0.4 is 14.8 Å². The number of ether oxygens (including phenoxy) is 2. The van der Waals surface area contributed by atoms with Crippen molar-refractivity contribution in [1.82, 2.24) is 4.98 Å². The molecule has 0 aliphatic carbocycles. The van der Waals surface area contributed by atoms with Crippen molar-refractivity contribution in [2.75, 3.05) is 19.0 Å². The molecule has 3 aromatic carbocycles. The molecular formula is C30H27N3O3S. The van der Waals surface area contributed by atoms with Crippen molar-refractivity contribution in [2.24, 2.45) is 0 Å². The zero-order valence-electron chi connectivity index (χ0n) is 20.9. The van der Waals surface area contributed by atoms with Gasteiger partial charge in [0.2, 0.25) is 5.91 Å². The Morgan fingerprint density at radius 3 is 2.30 bits per heavy atom. The van der Waals surface area contributed by atoms with Crippen LogP contribution in [0.15, 0.2) is 90.0 Å². The summed E-state index contributed by atoms with van der Waals surface area (Å²) in [6, 6.07) is 28.8. The van der Waals surface area contributed by atoms with E-state index in [0.717, 1.165) is 33.9 Å². The van der Waals surface area contributed by atoms with Crippen LogP contribution in [0.4, 0.5) is 5.69 Å². The van der Waals surface area contributed by atoms with Crippen molar-refractivity contribution in [3.8, 4) is 40.0 Å². The Bertz CT molecular complexity index is 1400. The Morgan fingerprint density at radius 2 is 1.68 bits per heavy atom. The van der Waals surface area contributed by atoms with Crippen LogP contribution in [0.3, 0.4) is 0 Å². The molecule has 186 valence electrons. The quantitative estimate of drug-likeness (QED) is 0.249. The van der Waals surface area contributed by atoms with Gasteiger partial charge >= 0.3 is 0 Å². The number of pyridine rings is 1. The van der Waals surface area contributed by atoms with Gasteiger partial charge in [0.05, 0.1) is 30.2 Å². The Morgan fingerprint density at radius 1 is 1.00 bits per heavy atom. The normalized spacial score (nSPS) is 11.3. The Hall–Kier alpha value is -4.28. The number of thioether (sulfide) groups is 1. The predicted octanol–water partition coefficient (Wildman–Crippen LogP) is 6.81. The molecule has 0 fully saturated rings. The first-order valence-electron chi connectivity index (χ1n) is 11.9. The SMILES string of the molecule is CCOc1ccc(NC(=O)C(C)Sc2nc(-c3ccccc3)cc(-c3ccc(OC)cc3)c2C#N)cc1. The van der Waals surface area contributed by atoms with Gasteiger partial charge in [-0.15, -0.1) is 0 Å². The fraction of sp³-hybridized carbons (Fsp3) is 0.167. The van der Waals surface area contributed by atoms with Gasteiger partial charge in [-0.1, -0.05) is 54.2 Å². The number of nitrogens with zero attached hydrogens (tertiary/aromatic N) is 2. The molecule has 0 bridgehead atoms. The lowest BCUT2D eigenvalue weighted by molar-refractivity contribution is -0.115. The largest absolute Gasteiger partial charge is 0.497 e. The molecule has 0 spiro atoms. The monoisotopic (exact) mass is 509 g/mol. The number of carbonyl (C=O) groups is 1. The number of aromatic nitrogens is 1. The Balaban J connectivity index is 1.66. The topological polar surface area (TPSA) is 84.2 Å². The van der Waals surface area contributed by atoms with Crippen LogP contribution in [-0.2, 0) is 4.79 Å². The van der Waals surface area contributed by atoms with E-state index in [9.17, 15) is 10.1 Å². The molecule has 0 saturated carbocycles. The van der Waals surface area contributed by atoms with Crippen molar-refractivity contribution in [3.63, 3.8) is 0 Å². The number of rotatable bonds is 9. The van der Waals surface area contributed by atoms with Crippen molar-refractivity contribution >= 4 is 23.4 Å². The zero-order chi connectivity index (χ0) is 26.2. The number of nitriles is 1. The summed E-state index contributed by atoms with van der Waals surface area (Å²) in [7, 11) is 1.62. The van der Waals surface area contributed by atoms with Gasteiger partial charge in [-0.25, -0.2) is 4.98 Å². The maximum absolute atomic E-state index is 13.0. The standard InChI is InChI=1S/C30H27N3O3S/c1-4-36-25-16-12-23(13-17-25)32-29(34)20(2)37-30-27(19-31)26(21-10-14-24(35-3)15-11-21)18-28(33-30)22-8-6-5-7-9-22/h5-18,20H,4H2,1-3H3,(H,32,34). The first-order valence-corrected chi connectivity index (χ1v) is 12.8. The van der Waals surface area contributed by atoms with Gasteiger partial charge < -0.3 is 14.8 Å². The lowest BCUT2D eigenvalue weighted by Crippen LogP contribution is -2.22. The van der Waals surface area contributed by atoms with E-state index in [1.165, 1.54) is 11.8 Å². The van der Waals surface area contributed by atoms with Crippen molar-refractivity contribution in [1.29, 1.82) is 5.26 Å². The summed E-state index contributed by atoms with van der Waals surface area (Å²) in [6.45, 7) is 4.30. The molecule has 1 heterocycles. The van der Waals surface area contributed by atoms with Gasteiger partial charge in [-0.05, 0) is 61.9 Å². The first kappa shape index (κ1) is 25.8. The second-order valence-corrected chi connectivity index (χ2v) is 9.48. The summed E-state index contributed by atoms with van der Waals surface area (Å²) in [5.41, 5.74) is 4.37. The molecular weight excluding hydrogens is 482 g/mol. The molecule has 6 nitrogen and oxygen atoms in total. The van der Waals surface area contributed by atoms with E-state index in [1.54, 1.807) is 26.2 Å². The third kappa shape index (κ3) is 6.29. The highest BCUT2D eigenvalue weighted by molar-refractivity contribution is 8.00. The van der Waals surface area contributed by atoms with Gasteiger partial charge in [0, 0.05) is 16.8 Å². The molecule has 1 amide bonds. The average molecular weight is 510 g/mol. The second kappa shape index (κ2) is 12.1. The van der Waals surface area contributed by atoms with Crippen molar-refractivity contribution < 1.29 is 14.3 Å². The van der Waals surface area contributed by atoms with E-state index < -0.39 is 5.25 Å². The average Bonchev–Trinajstić information content (AvgIpc) is 2.94. The van der Waals surface area contributed by atoms with E-state index in [2.05, 4.69) is 11.4 Å². The molecule has 0 radical (unpaired) electrons. The minimum atomic E-state index is -0.499. The van der Waals surface area contributed by atoms with Gasteiger partial charge in [0.15, 0.2) is 0 Å². The number of carbonyl (C=O) groups excluding carboxylic acids is 1. The number of benzene rings is 3. The Labute approximate surface area is 221 Å². The maximum atomic E-state index is 13.0. The van der Waals surface area contributed by atoms with Crippen LogP contribution in [0.2, 0.25) is 0 Å². The highest BCUT2D eigenvalue weighted by Crippen LogP contribution is 2.36. The molecule has 4 aromatic rings. The number of anilines is 1. The first-order chi connectivity index (χ1) is 18.0. The lowest BCUT2D eigenvalue weighted by Gasteiger charge is -2.16. The van der Waals surface area contributed by atoms with Crippen LogP contribution in [-0.4, -0.2) is 29.9 Å². The molecule has 7 heteroatoms. The van der Waals surface area contributed by atoms with Crippen LogP contribution in [0.1, 0.15) is 19.4 Å². The molecule has 1 unspecified atom stereocenters. The summed E-state index contributed by atoms with van der Waals surface area (Å²) < 4.78 is 10.8. The van der Waals surface area contributed by atoms with E-state index >= 15 is 0 Å². The van der Waals surface area contributed by atoms with Gasteiger partial charge in [-0.2, -0.15) is 5.26 Å². The molecule has 1 atom stereocenters. The Kier molecular flexibility index (Phi) is 8.44. The van der Waals surface area contributed by atoms with E-state index in [4.69, 9.17) is 14.5 Å². The molecule has 37 heavy (non-hydrogen) atoms. The lowest BCUT2D eigenvalue weighted by atomic mass is 9.99. The smallest absolute Gasteiger partial charge is 0.237 e. The molecule has 4 rings (SSSR count). The maximum Gasteiger partial charge on any atom is 0.237 e. The third-order valence-corrected chi connectivity index (χ3v) is 6.75. The molecule has 1 N–H and O–H groups in total. The minimum Gasteiger partial charge on any atom is -0.497 e. The number of methoxy groups -OCH3 is 1. The number of hydrogen-bond donors (Lipinski definition) is 1. The summed E-state index contributed by atoms with van der Waals surface area (Å²) >= 11 is 1.26. The highest BCUT2D eigenvalue weighted by atomic mass is 32.2. The number of hydrogen-bond acceptors (Lipinski definition) is 6. The summed E-state index contributed by atoms with van der Waals surface area (Å²) in [5, 5.41) is 13.1. The van der Waals surface area contributed by atoms with E-state index in [0.29, 0.717) is 22.9 Å².